The smallest absolute Gasteiger partial charge is 0.123 e. The van der Waals surface area contributed by atoms with E-state index in [2.05, 4.69) is 12.2 Å². The van der Waals surface area contributed by atoms with E-state index in [4.69, 9.17) is 5.11 Å². The molecule has 1 aliphatic heterocycles. The van der Waals surface area contributed by atoms with Crippen molar-refractivity contribution < 1.29 is 9.50 Å². The lowest BCUT2D eigenvalue weighted by Crippen LogP contribution is -2.33. The first-order chi connectivity index (χ1) is 8.20. The fourth-order valence-electron chi connectivity index (χ4n) is 2.16. The maximum absolute atomic E-state index is 13.3. The third-order valence-corrected chi connectivity index (χ3v) is 4.18. The predicted octanol–water partition coefficient (Wildman–Crippen LogP) is 2.72. The maximum Gasteiger partial charge on any atom is 0.123 e. The zero-order valence-electron chi connectivity index (χ0n) is 9.95. The molecule has 2 N–H and O–H groups in total. The average Bonchev–Trinajstić information content (AvgIpc) is 2.30. The van der Waals surface area contributed by atoms with Crippen molar-refractivity contribution >= 4 is 11.8 Å². The van der Waals surface area contributed by atoms with Gasteiger partial charge in [0.1, 0.15) is 5.82 Å². The van der Waals surface area contributed by atoms with Gasteiger partial charge in [0.2, 0.25) is 0 Å². The molecule has 17 heavy (non-hydrogen) atoms. The van der Waals surface area contributed by atoms with E-state index in [-0.39, 0.29) is 24.5 Å². The number of nitrogens with one attached hydrogen (secondary N) is 1. The fourth-order valence-corrected chi connectivity index (χ4v) is 3.26. The molecule has 0 radical (unpaired) electrons. The topological polar surface area (TPSA) is 32.3 Å². The number of fused-ring (bicyclic) bond motifs is 1. The van der Waals surface area contributed by atoms with Gasteiger partial charge in [-0.2, -0.15) is 0 Å². The Kier molecular flexibility index (Phi) is 4.42. The van der Waals surface area contributed by atoms with E-state index >= 15 is 0 Å². The van der Waals surface area contributed by atoms with Crippen LogP contribution in [-0.4, -0.2) is 23.5 Å². The van der Waals surface area contributed by atoms with Crippen LogP contribution in [0.1, 0.15) is 31.4 Å². The van der Waals surface area contributed by atoms with Crippen LogP contribution in [-0.2, 0) is 0 Å². The van der Waals surface area contributed by atoms with Gasteiger partial charge in [-0.15, -0.1) is 11.8 Å². The number of aliphatic hydroxyl groups is 1. The Morgan fingerprint density at radius 1 is 1.59 bits per heavy atom. The minimum absolute atomic E-state index is 0.173. The molecule has 1 aromatic rings. The number of thioether (sulfide) groups is 1. The van der Waals surface area contributed by atoms with Gasteiger partial charge in [0.25, 0.3) is 0 Å². The molecule has 4 heteroatoms. The Balaban J connectivity index is 2.13. The van der Waals surface area contributed by atoms with Crippen LogP contribution in [0.15, 0.2) is 23.1 Å². The van der Waals surface area contributed by atoms with E-state index in [1.807, 2.05) is 6.07 Å². The highest BCUT2D eigenvalue weighted by Gasteiger charge is 2.22. The van der Waals surface area contributed by atoms with Crippen LogP contribution in [0.3, 0.4) is 0 Å². The van der Waals surface area contributed by atoms with Gasteiger partial charge in [0, 0.05) is 23.6 Å². The highest BCUT2D eigenvalue weighted by atomic mass is 32.2. The summed E-state index contributed by atoms with van der Waals surface area (Å²) in [6.45, 7) is 2.24. The number of benzene rings is 1. The van der Waals surface area contributed by atoms with Crippen molar-refractivity contribution in [3.8, 4) is 0 Å². The van der Waals surface area contributed by atoms with Crippen molar-refractivity contribution in [1.82, 2.24) is 5.32 Å². The zero-order chi connectivity index (χ0) is 12.3. The van der Waals surface area contributed by atoms with E-state index in [1.165, 1.54) is 11.0 Å². The summed E-state index contributed by atoms with van der Waals surface area (Å²) in [5.74, 6) is 0.884. The third-order valence-electron chi connectivity index (χ3n) is 3.06. The van der Waals surface area contributed by atoms with Gasteiger partial charge in [0.05, 0.1) is 0 Å². The van der Waals surface area contributed by atoms with Crippen molar-refractivity contribution in [2.24, 2.45) is 0 Å². The third kappa shape index (κ3) is 3.21. The number of halogens is 1. The van der Waals surface area contributed by atoms with Crippen molar-refractivity contribution in [3.63, 3.8) is 0 Å². The molecule has 2 atom stereocenters. The van der Waals surface area contributed by atoms with Crippen molar-refractivity contribution in [2.75, 3.05) is 12.4 Å². The molecule has 0 aromatic heterocycles. The molecule has 0 aliphatic carbocycles. The standard InChI is InChI=1S/C13H18FNOS/c1-9(4-6-16)15-12-5-7-17-13-3-2-10(14)8-11(12)13/h2-3,8-9,12,15-16H,4-7H2,1H3/t9-,12?/m1/s1. The molecule has 0 saturated heterocycles. The largest absolute Gasteiger partial charge is 0.396 e. The molecule has 1 aromatic carbocycles. The molecule has 0 fully saturated rings. The normalized spacial score (nSPS) is 21.0. The first-order valence-corrected chi connectivity index (χ1v) is 6.98. The van der Waals surface area contributed by atoms with Crippen LogP contribution in [0.25, 0.3) is 0 Å². The Morgan fingerprint density at radius 2 is 2.41 bits per heavy atom. The molecule has 1 heterocycles. The maximum atomic E-state index is 13.3. The molecule has 1 aliphatic rings. The molecule has 1 unspecified atom stereocenters. The molecule has 2 rings (SSSR count). The first kappa shape index (κ1) is 12.9. The molecule has 0 spiro atoms. The first-order valence-electron chi connectivity index (χ1n) is 6.00. The molecule has 2 nitrogen and oxygen atoms in total. The number of aliphatic hydroxyl groups excluding tert-OH is 1. The fraction of sp³-hybridized carbons (Fsp3) is 0.538. The number of rotatable bonds is 4. The Hall–Kier alpha value is -0.580. The second-order valence-corrected chi connectivity index (χ2v) is 5.59. The second-order valence-electron chi connectivity index (χ2n) is 4.45. The zero-order valence-corrected chi connectivity index (χ0v) is 10.8. The average molecular weight is 255 g/mol. The summed E-state index contributed by atoms with van der Waals surface area (Å²) >= 11 is 1.79. The van der Waals surface area contributed by atoms with Gasteiger partial charge in [-0.05, 0) is 49.3 Å². The summed E-state index contributed by atoms with van der Waals surface area (Å²) < 4.78 is 13.3. The molecule has 0 amide bonds. The molecule has 0 saturated carbocycles. The number of hydrogen-bond donors (Lipinski definition) is 2. The molecule has 94 valence electrons. The van der Waals surface area contributed by atoms with Crippen LogP contribution in [0.4, 0.5) is 4.39 Å². The van der Waals surface area contributed by atoms with Gasteiger partial charge < -0.3 is 10.4 Å². The van der Waals surface area contributed by atoms with Crippen molar-refractivity contribution in [3.05, 3.63) is 29.6 Å². The summed E-state index contributed by atoms with van der Waals surface area (Å²) in [6.07, 6.45) is 1.74. The highest BCUT2D eigenvalue weighted by Crippen LogP contribution is 2.36. The van der Waals surface area contributed by atoms with E-state index in [1.54, 1.807) is 17.8 Å². The lowest BCUT2D eigenvalue weighted by Gasteiger charge is -2.28. The summed E-state index contributed by atoms with van der Waals surface area (Å²) in [7, 11) is 0. The van der Waals surface area contributed by atoms with Crippen LogP contribution < -0.4 is 5.32 Å². The summed E-state index contributed by atoms with van der Waals surface area (Å²) in [4.78, 5) is 1.17. The Bertz CT molecular complexity index is 386. The van der Waals surface area contributed by atoms with Gasteiger partial charge in [-0.1, -0.05) is 0 Å². The Morgan fingerprint density at radius 3 is 3.18 bits per heavy atom. The van der Waals surface area contributed by atoms with E-state index in [0.717, 1.165) is 24.2 Å². The minimum atomic E-state index is -0.173. The second kappa shape index (κ2) is 5.85. The summed E-state index contributed by atoms with van der Waals surface area (Å²) in [5, 5.41) is 12.4. The molecule has 0 bridgehead atoms. The monoisotopic (exact) mass is 255 g/mol. The molecular weight excluding hydrogens is 237 g/mol. The van der Waals surface area contributed by atoms with Crippen LogP contribution >= 0.6 is 11.8 Å². The van der Waals surface area contributed by atoms with Crippen LogP contribution in [0, 0.1) is 5.82 Å². The van der Waals surface area contributed by atoms with Gasteiger partial charge in [-0.25, -0.2) is 4.39 Å². The Labute approximate surface area is 106 Å². The lowest BCUT2D eigenvalue weighted by atomic mass is 10.0. The summed E-state index contributed by atoms with van der Waals surface area (Å²) in [6, 6.07) is 5.48. The van der Waals surface area contributed by atoms with Gasteiger partial charge in [0.15, 0.2) is 0 Å². The van der Waals surface area contributed by atoms with Crippen LogP contribution in [0.5, 0.6) is 0 Å². The van der Waals surface area contributed by atoms with E-state index in [9.17, 15) is 4.39 Å². The van der Waals surface area contributed by atoms with Crippen molar-refractivity contribution in [1.29, 1.82) is 0 Å². The van der Waals surface area contributed by atoms with Gasteiger partial charge in [-0.3, -0.25) is 0 Å². The van der Waals surface area contributed by atoms with E-state index < -0.39 is 0 Å². The lowest BCUT2D eigenvalue weighted by molar-refractivity contribution is 0.262. The van der Waals surface area contributed by atoms with Crippen molar-refractivity contribution in [2.45, 2.75) is 36.7 Å². The minimum Gasteiger partial charge on any atom is -0.396 e. The van der Waals surface area contributed by atoms with Crippen LogP contribution in [0.2, 0.25) is 0 Å². The predicted molar refractivity (Wildman–Crippen MR) is 68.8 cm³/mol. The highest BCUT2D eigenvalue weighted by molar-refractivity contribution is 7.99. The van der Waals surface area contributed by atoms with E-state index in [0.29, 0.717) is 0 Å². The molecular formula is C13H18FNOS. The number of hydrogen-bond acceptors (Lipinski definition) is 3. The SMILES string of the molecule is C[C@H](CCO)NC1CCSc2ccc(F)cc21. The summed E-state index contributed by atoms with van der Waals surface area (Å²) in [5.41, 5.74) is 1.06. The van der Waals surface area contributed by atoms with Gasteiger partial charge >= 0.3 is 0 Å². The quantitative estimate of drug-likeness (QED) is 0.867.